The summed E-state index contributed by atoms with van der Waals surface area (Å²) in [4.78, 5) is -0.0101. The van der Waals surface area contributed by atoms with Gasteiger partial charge in [-0.3, -0.25) is 9.40 Å². The number of sulfonamides is 1. The van der Waals surface area contributed by atoms with Crippen molar-refractivity contribution in [3.63, 3.8) is 0 Å². The van der Waals surface area contributed by atoms with E-state index in [4.69, 9.17) is 5.11 Å². The summed E-state index contributed by atoms with van der Waals surface area (Å²) < 4.78 is 41.6. The number of aliphatic hydroxyl groups is 1. The van der Waals surface area contributed by atoms with Gasteiger partial charge in [0.15, 0.2) is 0 Å². The lowest BCUT2D eigenvalue weighted by Crippen LogP contribution is -2.13. The molecule has 0 spiro atoms. The van der Waals surface area contributed by atoms with Crippen molar-refractivity contribution in [3.05, 3.63) is 42.0 Å². The maximum absolute atomic E-state index is 13.4. The standard InChI is InChI=1S/C13H16FN3O3S/c1-10-12(14)4-2-5-13(10)16-21(19,20)11-8-15-17(9-11)6-3-7-18/h2,4-5,8-9,16,18H,3,6-7H2,1H3. The Balaban J connectivity index is 2.22. The third-order valence-corrected chi connectivity index (χ3v) is 4.30. The normalized spacial score (nSPS) is 11.6. The Hall–Kier alpha value is -1.93. The highest BCUT2D eigenvalue weighted by molar-refractivity contribution is 7.92. The molecular formula is C13H16FN3O3S. The van der Waals surface area contributed by atoms with E-state index in [0.717, 1.165) is 0 Å². The molecule has 0 amide bonds. The van der Waals surface area contributed by atoms with Crippen LogP contribution < -0.4 is 4.72 Å². The van der Waals surface area contributed by atoms with Gasteiger partial charge in [-0.25, -0.2) is 12.8 Å². The summed E-state index contributed by atoms with van der Waals surface area (Å²) in [6.07, 6.45) is 3.07. The molecule has 1 aromatic carbocycles. The van der Waals surface area contributed by atoms with E-state index in [-0.39, 0.29) is 22.8 Å². The Morgan fingerprint density at radius 3 is 2.90 bits per heavy atom. The maximum Gasteiger partial charge on any atom is 0.265 e. The number of anilines is 1. The van der Waals surface area contributed by atoms with Crippen molar-refractivity contribution in [3.8, 4) is 0 Å². The molecule has 6 nitrogen and oxygen atoms in total. The summed E-state index contributed by atoms with van der Waals surface area (Å²) >= 11 is 0. The van der Waals surface area contributed by atoms with Gasteiger partial charge in [0.2, 0.25) is 0 Å². The quantitative estimate of drug-likeness (QED) is 0.847. The van der Waals surface area contributed by atoms with Crippen molar-refractivity contribution >= 4 is 15.7 Å². The van der Waals surface area contributed by atoms with E-state index in [0.29, 0.717) is 13.0 Å². The van der Waals surface area contributed by atoms with Crippen molar-refractivity contribution < 1.29 is 17.9 Å². The van der Waals surface area contributed by atoms with Crippen molar-refractivity contribution in [1.82, 2.24) is 9.78 Å². The first-order valence-electron chi connectivity index (χ1n) is 6.35. The molecule has 0 fully saturated rings. The zero-order valence-corrected chi connectivity index (χ0v) is 12.3. The molecule has 0 aliphatic rings. The van der Waals surface area contributed by atoms with E-state index in [9.17, 15) is 12.8 Å². The fourth-order valence-electron chi connectivity index (χ4n) is 1.76. The molecule has 1 heterocycles. The molecule has 1 aromatic heterocycles. The summed E-state index contributed by atoms with van der Waals surface area (Å²) in [6, 6.07) is 4.19. The van der Waals surface area contributed by atoms with E-state index in [1.54, 1.807) is 0 Å². The average molecular weight is 313 g/mol. The highest BCUT2D eigenvalue weighted by atomic mass is 32.2. The number of nitrogens with zero attached hydrogens (tertiary/aromatic N) is 2. The van der Waals surface area contributed by atoms with Crippen LogP contribution in [-0.4, -0.2) is 29.9 Å². The van der Waals surface area contributed by atoms with E-state index in [1.165, 1.54) is 42.2 Å². The lowest BCUT2D eigenvalue weighted by molar-refractivity contribution is 0.277. The van der Waals surface area contributed by atoms with Crippen molar-refractivity contribution in [2.45, 2.75) is 24.8 Å². The molecule has 8 heteroatoms. The van der Waals surface area contributed by atoms with Crippen molar-refractivity contribution in [1.29, 1.82) is 0 Å². The third kappa shape index (κ3) is 3.59. The number of hydrogen-bond acceptors (Lipinski definition) is 4. The smallest absolute Gasteiger partial charge is 0.265 e. The summed E-state index contributed by atoms with van der Waals surface area (Å²) in [5.74, 6) is -0.478. The van der Waals surface area contributed by atoms with Gasteiger partial charge in [-0.15, -0.1) is 0 Å². The third-order valence-electron chi connectivity index (χ3n) is 2.98. The second kappa shape index (κ2) is 6.23. The molecule has 2 N–H and O–H groups in total. The fraction of sp³-hybridized carbons (Fsp3) is 0.308. The van der Waals surface area contributed by atoms with Gasteiger partial charge in [0.05, 0.1) is 11.9 Å². The zero-order chi connectivity index (χ0) is 15.5. The average Bonchev–Trinajstić information content (AvgIpc) is 2.91. The molecule has 2 rings (SSSR count). The Labute approximate surface area is 122 Å². The van der Waals surface area contributed by atoms with Gasteiger partial charge in [-0.2, -0.15) is 5.10 Å². The lowest BCUT2D eigenvalue weighted by atomic mass is 10.2. The molecule has 0 bridgehead atoms. The van der Waals surface area contributed by atoms with Gasteiger partial charge >= 0.3 is 0 Å². The summed E-state index contributed by atoms with van der Waals surface area (Å²) in [5.41, 5.74) is 0.423. The van der Waals surface area contributed by atoms with Crippen LogP contribution in [0.15, 0.2) is 35.5 Å². The second-order valence-electron chi connectivity index (χ2n) is 4.53. The topological polar surface area (TPSA) is 84.2 Å². The van der Waals surface area contributed by atoms with E-state index < -0.39 is 15.8 Å². The lowest BCUT2D eigenvalue weighted by Gasteiger charge is -2.09. The highest BCUT2D eigenvalue weighted by Gasteiger charge is 2.18. The van der Waals surface area contributed by atoms with E-state index >= 15 is 0 Å². The zero-order valence-electron chi connectivity index (χ0n) is 11.5. The molecule has 0 saturated heterocycles. The highest BCUT2D eigenvalue weighted by Crippen LogP contribution is 2.21. The number of aromatic nitrogens is 2. The number of hydrogen-bond donors (Lipinski definition) is 2. The molecule has 114 valence electrons. The first-order chi connectivity index (χ1) is 9.94. The molecule has 2 aromatic rings. The molecule has 0 unspecified atom stereocenters. The first-order valence-corrected chi connectivity index (χ1v) is 7.83. The molecule has 0 aliphatic carbocycles. The van der Waals surface area contributed by atoms with Crippen molar-refractivity contribution in [2.75, 3.05) is 11.3 Å². The van der Waals surface area contributed by atoms with Crippen LogP contribution >= 0.6 is 0 Å². The predicted octanol–water partition coefficient (Wildman–Crippen LogP) is 1.51. The van der Waals surface area contributed by atoms with Crippen LogP contribution in [0.4, 0.5) is 10.1 Å². The molecule has 21 heavy (non-hydrogen) atoms. The maximum atomic E-state index is 13.4. The Kier molecular flexibility index (Phi) is 4.59. The largest absolute Gasteiger partial charge is 0.396 e. The minimum absolute atomic E-state index is 0.00266. The summed E-state index contributed by atoms with van der Waals surface area (Å²) in [7, 11) is -3.82. The van der Waals surface area contributed by atoms with Crippen LogP contribution in [-0.2, 0) is 16.6 Å². The summed E-state index contributed by atoms with van der Waals surface area (Å²) in [5, 5.41) is 12.7. The monoisotopic (exact) mass is 313 g/mol. The van der Waals surface area contributed by atoms with Crippen LogP contribution in [0.25, 0.3) is 0 Å². The van der Waals surface area contributed by atoms with Crippen LogP contribution in [0.3, 0.4) is 0 Å². The van der Waals surface area contributed by atoms with Gasteiger partial charge in [-0.05, 0) is 25.5 Å². The van der Waals surface area contributed by atoms with Crippen LogP contribution in [0.5, 0.6) is 0 Å². The minimum Gasteiger partial charge on any atom is -0.396 e. The van der Waals surface area contributed by atoms with Crippen LogP contribution in [0, 0.1) is 12.7 Å². The van der Waals surface area contributed by atoms with Gasteiger partial charge in [0, 0.05) is 24.9 Å². The van der Waals surface area contributed by atoms with Gasteiger partial charge in [0.25, 0.3) is 10.0 Å². The van der Waals surface area contributed by atoms with E-state index in [2.05, 4.69) is 9.82 Å². The number of rotatable bonds is 6. The Morgan fingerprint density at radius 1 is 1.43 bits per heavy atom. The molecule has 0 saturated carbocycles. The van der Waals surface area contributed by atoms with Crippen LogP contribution in [0.1, 0.15) is 12.0 Å². The SMILES string of the molecule is Cc1c(F)cccc1NS(=O)(=O)c1cnn(CCCO)c1. The van der Waals surface area contributed by atoms with Gasteiger partial charge in [0.1, 0.15) is 10.7 Å². The number of halogens is 1. The predicted molar refractivity (Wildman–Crippen MR) is 75.9 cm³/mol. The second-order valence-corrected chi connectivity index (χ2v) is 6.22. The number of benzene rings is 1. The number of nitrogens with one attached hydrogen (secondary N) is 1. The minimum atomic E-state index is -3.82. The molecule has 0 aliphatic heterocycles. The van der Waals surface area contributed by atoms with Gasteiger partial charge < -0.3 is 5.11 Å². The Morgan fingerprint density at radius 2 is 2.19 bits per heavy atom. The number of aryl methyl sites for hydroxylation is 1. The molecule has 0 radical (unpaired) electrons. The number of aliphatic hydroxyl groups excluding tert-OH is 1. The molecule has 0 atom stereocenters. The summed E-state index contributed by atoms with van der Waals surface area (Å²) in [6.45, 7) is 1.92. The molecular weight excluding hydrogens is 297 g/mol. The fourth-order valence-corrected chi connectivity index (χ4v) is 2.83. The van der Waals surface area contributed by atoms with Gasteiger partial charge in [-0.1, -0.05) is 6.07 Å². The Bertz CT molecular complexity index is 728. The van der Waals surface area contributed by atoms with Crippen molar-refractivity contribution in [2.24, 2.45) is 0 Å². The van der Waals surface area contributed by atoms with E-state index in [1.807, 2.05) is 0 Å². The van der Waals surface area contributed by atoms with Crippen LogP contribution in [0.2, 0.25) is 0 Å². The first kappa shape index (κ1) is 15.5.